The van der Waals surface area contributed by atoms with Crippen LogP contribution in [-0.4, -0.2) is 11.6 Å². The molecule has 0 radical (unpaired) electrons. The summed E-state index contributed by atoms with van der Waals surface area (Å²) in [6.07, 6.45) is 0.412. The van der Waals surface area contributed by atoms with E-state index in [9.17, 15) is 9.59 Å². The number of hydrogen-bond donors (Lipinski definition) is 0. The van der Waals surface area contributed by atoms with Crippen molar-refractivity contribution in [1.82, 2.24) is 0 Å². The lowest BCUT2D eigenvalue weighted by Crippen LogP contribution is -2.21. The topological polar surface area (TPSA) is 34.1 Å². The van der Waals surface area contributed by atoms with Gasteiger partial charge in [-0.1, -0.05) is 121 Å². The molecular weight excluding hydrogens is 380 g/mol. The molecule has 4 aromatic rings. The van der Waals surface area contributed by atoms with Crippen molar-refractivity contribution < 1.29 is 9.59 Å². The lowest BCUT2D eigenvalue weighted by atomic mass is 9.78. The van der Waals surface area contributed by atoms with Gasteiger partial charge in [0.05, 0.1) is 0 Å². The zero-order chi connectivity index (χ0) is 21.5. The maximum absolute atomic E-state index is 13.6. The molecule has 0 aromatic heterocycles. The van der Waals surface area contributed by atoms with E-state index in [1.807, 2.05) is 121 Å². The molecule has 2 heteroatoms. The van der Waals surface area contributed by atoms with Gasteiger partial charge in [0.2, 0.25) is 0 Å². The first-order chi connectivity index (χ1) is 15.2. The largest absolute Gasteiger partial charge is 0.293 e. The monoisotopic (exact) mass is 404 g/mol. The number of ketones is 2. The van der Waals surface area contributed by atoms with Crippen molar-refractivity contribution in [2.45, 2.75) is 18.3 Å². The summed E-state index contributed by atoms with van der Waals surface area (Å²) in [7, 11) is 0. The van der Waals surface area contributed by atoms with Crippen LogP contribution in [0.3, 0.4) is 0 Å². The summed E-state index contributed by atoms with van der Waals surface area (Å²) in [6, 6.07) is 38.2. The Morgan fingerprint density at radius 3 is 1.06 bits per heavy atom. The molecule has 0 aliphatic heterocycles. The fourth-order valence-corrected chi connectivity index (χ4v) is 4.00. The Morgan fingerprint density at radius 1 is 0.452 bits per heavy atom. The highest BCUT2D eigenvalue weighted by molar-refractivity contribution is 6.04. The summed E-state index contributed by atoms with van der Waals surface area (Å²) in [5.74, 6) is -0.759. The minimum absolute atomic E-state index is 0.0357. The molecule has 4 aromatic carbocycles. The molecule has 0 aliphatic rings. The Bertz CT molecular complexity index is 1030. The van der Waals surface area contributed by atoms with Gasteiger partial charge in [-0.3, -0.25) is 9.59 Å². The van der Waals surface area contributed by atoms with E-state index >= 15 is 0 Å². The first-order valence-electron chi connectivity index (χ1n) is 10.5. The standard InChI is InChI=1S/C29H24O2/c30-28(24-17-9-3-10-18-24)26(22-13-5-1-6-14-22)21-27(23-15-7-2-8-16-23)29(31)25-19-11-4-12-20-25/h1-20,26-27H,21H2/t26-,27-/m1/s1. The Balaban J connectivity index is 1.75. The Morgan fingerprint density at radius 2 is 0.742 bits per heavy atom. The van der Waals surface area contributed by atoms with Crippen molar-refractivity contribution in [3.63, 3.8) is 0 Å². The van der Waals surface area contributed by atoms with Crippen molar-refractivity contribution in [2.24, 2.45) is 0 Å². The Kier molecular flexibility index (Phi) is 6.49. The summed E-state index contributed by atoms with van der Waals surface area (Å²) in [4.78, 5) is 27.1. The van der Waals surface area contributed by atoms with E-state index in [1.54, 1.807) is 0 Å². The third-order valence-corrected chi connectivity index (χ3v) is 5.62. The van der Waals surface area contributed by atoms with Crippen LogP contribution in [-0.2, 0) is 0 Å². The smallest absolute Gasteiger partial charge is 0.170 e. The predicted octanol–water partition coefficient (Wildman–Crippen LogP) is 6.71. The van der Waals surface area contributed by atoms with Gasteiger partial charge in [-0.25, -0.2) is 0 Å². The fraction of sp³-hybridized carbons (Fsp3) is 0.103. The van der Waals surface area contributed by atoms with Gasteiger partial charge in [0.25, 0.3) is 0 Å². The van der Waals surface area contributed by atoms with E-state index < -0.39 is 11.8 Å². The average Bonchev–Trinajstić information content (AvgIpc) is 2.86. The minimum atomic E-state index is -0.415. The highest BCUT2D eigenvalue weighted by Crippen LogP contribution is 2.34. The third-order valence-electron chi connectivity index (χ3n) is 5.62. The second-order valence-corrected chi connectivity index (χ2v) is 7.62. The SMILES string of the molecule is O=C(c1ccccc1)[C@H](C[C@@H](C(=O)c1ccccc1)c1ccccc1)c1ccccc1. The van der Waals surface area contributed by atoms with Crippen LogP contribution in [0.15, 0.2) is 121 Å². The maximum Gasteiger partial charge on any atom is 0.170 e. The number of rotatable bonds is 8. The molecule has 2 atom stereocenters. The summed E-state index contributed by atoms with van der Waals surface area (Å²) in [5, 5.41) is 0. The van der Waals surface area contributed by atoms with Crippen LogP contribution in [0.25, 0.3) is 0 Å². The van der Waals surface area contributed by atoms with Gasteiger partial charge in [0, 0.05) is 23.0 Å². The predicted molar refractivity (Wildman–Crippen MR) is 125 cm³/mol. The van der Waals surface area contributed by atoms with Crippen LogP contribution < -0.4 is 0 Å². The molecule has 0 heterocycles. The zero-order valence-electron chi connectivity index (χ0n) is 17.2. The number of carbonyl (C=O) groups is 2. The average molecular weight is 405 g/mol. The van der Waals surface area contributed by atoms with E-state index in [1.165, 1.54) is 0 Å². The molecule has 0 fully saturated rings. The fourth-order valence-electron chi connectivity index (χ4n) is 4.00. The molecule has 0 saturated carbocycles. The second-order valence-electron chi connectivity index (χ2n) is 7.62. The Labute approximate surface area is 183 Å². The van der Waals surface area contributed by atoms with E-state index in [0.717, 1.165) is 11.1 Å². The van der Waals surface area contributed by atoms with Crippen molar-refractivity contribution in [3.8, 4) is 0 Å². The van der Waals surface area contributed by atoms with Gasteiger partial charge in [-0.2, -0.15) is 0 Å². The summed E-state index contributed by atoms with van der Waals surface area (Å²) >= 11 is 0. The molecule has 2 nitrogen and oxygen atoms in total. The number of Topliss-reactive ketones (excluding diaryl/α,β-unsaturated/α-hetero) is 2. The second kappa shape index (κ2) is 9.82. The van der Waals surface area contributed by atoms with Crippen molar-refractivity contribution in [3.05, 3.63) is 144 Å². The van der Waals surface area contributed by atoms with Crippen molar-refractivity contribution >= 4 is 11.6 Å². The van der Waals surface area contributed by atoms with Gasteiger partial charge in [-0.05, 0) is 17.5 Å². The van der Waals surface area contributed by atoms with Gasteiger partial charge < -0.3 is 0 Å². The van der Waals surface area contributed by atoms with Gasteiger partial charge in [0.1, 0.15) is 0 Å². The first kappa shape index (κ1) is 20.5. The summed E-state index contributed by atoms with van der Waals surface area (Å²) in [5.41, 5.74) is 3.18. The molecule has 0 N–H and O–H groups in total. The van der Waals surface area contributed by atoms with Gasteiger partial charge in [0.15, 0.2) is 11.6 Å². The van der Waals surface area contributed by atoms with Crippen LogP contribution in [0, 0.1) is 0 Å². The number of hydrogen-bond acceptors (Lipinski definition) is 2. The van der Waals surface area contributed by atoms with Gasteiger partial charge >= 0.3 is 0 Å². The van der Waals surface area contributed by atoms with Crippen LogP contribution in [0.2, 0.25) is 0 Å². The van der Waals surface area contributed by atoms with E-state index in [2.05, 4.69) is 0 Å². The quantitative estimate of drug-likeness (QED) is 0.306. The molecule has 152 valence electrons. The molecule has 0 aliphatic carbocycles. The lowest BCUT2D eigenvalue weighted by molar-refractivity contribution is 0.0918. The van der Waals surface area contributed by atoms with Crippen molar-refractivity contribution in [2.75, 3.05) is 0 Å². The molecule has 0 spiro atoms. The minimum Gasteiger partial charge on any atom is -0.293 e. The highest BCUT2D eigenvalue weighted by atomic mass is 16.1. The van der Waals surface area contributed by atoms with Crippen LogP contribution in [0.1, 0.15) is 50.1 Å². The first-order valence-corrected chi connectivity index (χ1v) is 10.5. The molecule has 0 saturated heterocycles. The Hall–Kier alpha value is -3.78. The van der Waals surface area contributed by atoms with E-state index in [-0.39, 0.29) is 11.6 Å². The normalized spacial score (nSPS) is 12.6. The molecular formula is C29H24O2. The van der Waals surface area contributed by atoms with Crippen LogP contribution >= 0.6 is 0 Å². The molecule has 31 heavy (non-hydrogen) atoms. The lowest BCUT2D eigenvalue weighted by Gasteiger charge is -2.23. The highest BCUT2D eigenvalue weighted by Gasteiger charge is 2.30. The molecule has 0 bridgehead atoms. The number of benzene rings is 4. The van der Waals surface area contributed by atoms with Crippen molar-refractivity contribution in [1.29, 1.82) is 0 Å². The maximum atomic E-state index is 13.6. The number of carbonyl (C=O) groups excluding carboxylic acids is 2. The van der Waals surface area contributed by atoms with Crippen LogP contribution in [0.4, 0.5) is 0 Å². The van der Waals surface area contributed by atoms with Gasteiger partial charge in [-0.15, -0.1) is 0 Å². The molecule has 4 rings (SSSR count). The molecule has 0 amide bonds. The molecule has 0 unspecified atom stereocenters. The summed E-state index contributed by atoms with van der Waals surface area (Å²) < 4.78 is 0. The van der Waals surface area contributed by atoms with Crippen LogP contribution in [0.5, 0.6) is 0 Å². The third kappa shape index (κ3) is 4.87. The zero-order valence-corrected chi connectivity index (χ0v) is 17.2. The van der Waals surface area contributed by atoms with E-state index in [0.29, 0.717) is 17.5 Å². The summed E-state index contributed by atoms with van der Waals surface area (Å²) in [6.45, 7) is 0. The van der Waals surface area contributed by atoms with E-state index in [4.69, 9.17) is 0 Å².